The van der Waals surface area contributed by atoms with E-state index in [9.17, 15) is 8.42 Å². The van der Waals surface area contributed by atoms with Crippen molar-refractivity contribution >= 4 is 44.1 Å². The molecule has 2 heterocycles. The highest BCUT2D eigenvalue weighted by Gasteiger charge is 2.18. The first-order chi connectivity index (χ1) is 10.9. The van der Waals surface area contributed by atoms with E-state index in [0.29, 0.717) is 21.3 Å². The Kier molecular flexibility index (Phi) is 4.37. The van der Waals surface area contributed by atoms with Gasteiger partial charge in [-0.1, -0.05) is 29.3 Å². The van der Waals surface area contributed by atoms with Gasteiger partial charge in [0.2, 0.25) is 10.0 Å². The largest absolute Gasteiger partial charge is 0.356 e. The van der Waals surface area contributed by atoms with Crippen molar-refractivity contribution in [2.75, 3.05) is 5.75 Å². The minimum absolute atomic E-state index is 0.0147. The smallest absolute Gasteiger partial charge is 0.211 e. The fourth-order valence-electron chi connectivity index (χ4n) is 2.39. The summed E-state index contributed by atoms with van der Waals surface area (Å²) in [4.78, 5) is 3.17. The Balaban J connectivity index is 2.16. The van der Waals surface area contributed by atoms with Crippen LogP contribution in [0.3, 0.4) is 0 Å². The Bertz CT molecular complexity index is 949. The lowest BCUT2D eigenvalue weighted by molar-refractivity contribution is 0.582. The summed E-state index contributed by atoms with van der Waals surface area (Å²) in [7, 11) is -3.31. The maximum absolute atomic E-state index is 11.7. The molecule has 122 valence electrons. The van der Waals surface area contributed by atoms with Gasteiger partial charge in [0.05, 0.1) is 34.1 Å². The van der Waals surface area contributed by atoms with Crippen LogP contribution in [0.2, 0.25) is 10.0 Å². The summed E-state index contributed by atoms with van der Waals surface area (Å²) >= 11 is 12.3. The number of halogens is 2. The molecule has 0 spiro atoms. The van der Waals surface area contributed by atoms with E-state index in [1.54, 1.807) is 25.4 Å². The van der Waals surface area contributed by atoms with Crippen molar-refractivity contribution in [1.82, 2.24) is 19.9 Å². The quantitative estimate of drug-likeness (QED) is 0.641. The highest BCUT2D eigenvalue weighted by Crippen LogP contribution is 2.38. The normalized spacial score (nSPS) is 12.1. The van der Waals surface area contributed by atoms with Crippen LogP contribution in [0.15, 0.2) is 24.5 Å². The van der Waals surface area contributed by atoms with Gasteiger partial charge in [-0.05, 0) is 13.0 Å². The van der Waals surface area contributed by atoms with E-state index >= 15 is 0 Å². The molecule has 3 aromatic rings. The number of rotatable bonds is 5. The van der Waals surface area contributed by atoms with Crippen LogP contribution >= 0.6 is 23.2 Å². The summed E-state index contributed by atoms with van der Waals surface area (Å²) < 4.78 is 26.0. The topological polar surface area (TPSA) is 90.6 Å². The van der Waals surface area contributed by atoms with Crippen molar-refractivity contribution in [3.8, 4) is 11.1 Å². The lowest BCUT2D eigenvalue weighted by Crippen LogP contribution is -2.25. The third kappa shape index (κ3) is 3.10. The Labute approximate surface area is 143 Å². The molecule has 1 aromatic carbocycles. The number of benzene rings is 1. The molecule has 0 aliphatic heterocycles. The minimum Gasteiger partial charge on any atom is -0.356 e. The van der Waals surface area contributed by atoms with E-state index in [2.05, 4.69) is 19.9 Å². The number of aromatic nitrogens is 3. The highest BCUT2D eigenvalue weighted by atomic mass is 35.5. The Morgan fingerprint density at radius 2 is 2.09 bits per heavy atom. The van der Waals surface area contributed by atoms with Crippen LogP contribution in [0.5, 0.6) is 0 Å². The van der Waals surface area contributed by atoms with Gasteiger partial charge in [-0.25, -0.2) is 13.1 Å². The van der Waals surface area contributed by atoms with Gasteiger partial charge in [0, 0.05) is 28.4 Å². The predicted octanol–water partition coefficient (Wildman–Crippen LogP) is 3.30. The number of hydrogen-bond acceptors (Lipinski definition) is 3. The van der Waals surface area contributed by atoms with Crippen LogP contribution in [0.1, 0.15) is 12.6 Å². The second-order valence-corrected chi connectivity index (χ2v) is 7.85. The molecule has 0 aliphatic rings. The second kappa shape index (κ2) is 6.16. The van der Waals surface area contributed by atoms with Gasteiger partial charge in [0.25, 0.3) is 0 Å². The number of H-pyrrole nitrogens is 2. The molecule has 0 saturated carbocycles. The maximum Gasteiger partial charge on any atom is 0.211 e. The van der Waals surface area contributed by atoms with Gasteiger partial charge in [-0.15, -0.1) is 0 Å². The zero-order chi connectivity index (χ0) is 16.6. The molecule has 0 aliphatic carbocycles. The van der Waals surface area contributed by atoms with E-state index in [0.717, 1.165) is 16.5 Å². The Morgan fingerprint density at radius 1 is 1.30 bits per heavy atom. The van der Waals surface area contributed by atoms with E-state index < -0.39 is 10.0 Å². The van der Waals surface area contributed by atoms with E-state index in [1.807, 2.05) is 6.07 Å². The summed E-state index contributed by atoms with van der Waals surface area (Å²) in [5.41, 5.74) is 3.04. The molecule has 23 heavy (non-hydrogen) atoms. The van der Waals surface area contributed by atoms with Crippen molar-refractivity contribution < 1.29 is 8.42 Å². The number of sulfonamides is 1. The average molecular weight is 373 g/mol. The number of nitrogens with one attached hydrogen (secondary N) is 3. The van der Waals surface area contributed by atoms with Gasteiger partial charge < -0.3 is 4.98 Å². The highest BCUT2D eigenvalue weighted by molar-refractivity contribution is 7.89. The van der Waals surface area contributed by atoms with Crippen LogP contribution in [-0.2, 0) is 16.6 Å². The minimum atomic E-state index is -3.31. The molecule has 0 saturated heterocycles. The van der Waals surface area contributed by atoms with Crippen LogP contribution in [-0.4, -0.2) is 29.4 Å². The fourth-order valence-corrected chi connectivity index (χ4v) is 3.33. The van der Waals surface area contributed by atoms with Crippen molar-refractivity contribution in [2.45, 2.75) is 13.5 Å². The molecule has 0 radical (unpaired) electrons. The summed E-state index contributed by atoms with van der Waals surface area (Å²) in [6, 6.07) is 3.56. The predicted molar refractivity (Wildman–Crippen MR) is 92.2 cm³/mol. The van der Waals surface area contributed by atoms with Crippen molar-refractivity contribution in [2.24, 2.45) is 0 Å². The Hall–Kier alpha value is -1.54. The molecule has 2 aromatic heterocycles. The van der Waals surface area contributed by atoms with E-state index in [-0.39, 0.29) is 12.3 Å². The summed E-state index contributed by atoms with van der Waals surface area (Å²) in [5.74, 6) is 0.0147. The summed E-state index contributed by atoms with van der Waals surface area (Å²) in [6.45, 7) is 1.71. The standard InChI is InChI=1S/C14H14Cl2N4O2S/c1-2-23(21,22)19-7-11-12(8-5-17-18-6-8)9-3-4-10(15)13(16)14(9)20-11/h3-6,19-20H,2,7H2,1H3,(H,17,18). The van der Waals surface area contributed by atoms with Crippen LogP contribution in [0, 0.1) is 0 Å². The SMILES string of the molecule is CCS(=O)(=O)NCc1[nH]c2c(Cl)c(Cl)ccc2c1-c1cn[nH]c1. The van der Waals surface area contributed by atoms with Gasteiger partial charge in [0.1, 0.15) is 0 Å². The van der Waals surface area contributed by atoms with E-state index in [1.165, 1.54) is 0 Å². The zero-order valence-electron chi connectivity index (χ0n) is 12.2. The summed E-state index contributed by atoms with van der Waals surface area (Å²) in [5, 5.41) is 8.40. The average Bonchev–Trinajstić information content (AvgIpc) is 3.16. The van der Waals surface area contributed by atoms with Crippen molar-refractivity contribution in [1.29, 1.82) is 0 Å². The molecule has 0 fully saturated rings. The first-order valence-electron chi connectivity index (χ1n) is 6.88. The first-order valence-corrected chi connectivity index (χ1v) is 9.29. The monoisotopic (exact) mass is 372 g/mol. The van der Waals surface area contributed by atoms with Gasteiger partial charge >= 0.3 is 0 Å². The van der Waals surface area contributed by atoms with E-state index in [4.69, 9.17) is 23.2 Å². The third-order valence-corrected chi connectivity index (χ3v) is 5.73. The zero-order valence-corrected chi connectivity index (χ0v) is 14.5. The molecule has 0 bridgehead atoms. The molecule has 0 amide bonds. The number of aromatic amines is 2. The summed E-state index contributed by atoms with van der Waals surface area (Å²) in [6.07, 6.45) is 3.41. The molecular weight excluding hydrogens is 359 g/mol. The second-order valence-electron chi connectivity index (χ2n) is 4.97. The van der Waals surface area contributed by atoms with Gasteiger partial charge in [-0.3, -0.25) is 5.10 Å². The number of fused-ring (bicyclic) bond motifs is 1. The molecular formula is C14H14Cl2N4O2S. The van der Waals surface area contributed by atoms with Crippen molar-refractivity contribution in [3.05, 3.63) is 40.3 Å². The lowest BCUT2D eigenvalue weighted by Gasteiger charge is -2.05. The molecule has 9 heteroatoms. The van der Waals surface area contributed by atoms with Crippen LogP contribution in [0.25, 0.3) is 22.0 Å². The van der Waals surface area contributed by atoms with Crippen molar-refractivity contribution in [3.63, 3.8) is 0 Å². The molecule has 3 rings (SSSR count). The van der Waals surface area contributed by atoms with Gasteiger partial charge in [0.15, 0.2) is 0 Å². The lowest BCUT2D eigenvalue weighted by atomic mass is 10.1. The maximum atomic E-state index is 11.7. The molecule has 0 atom stereocenters. The molecule has 3 N–H and O–H groups in total. The van der Waals surface area contributed by atoms with Crippen LogP contribution < -0.4 is 4.72 Å². The third-order valence-electron chi connectivity index (χ3n) is 3.58. The first kappa shape index (κ1) is 16.3. The number of nitrogens with zero attached hydrogens (tertiary/aromatic N) is 1. The number of hydrogen-bond donors (Lipinski definition) is 3. The Morgan fingerprint density at radius 3 is 2.74 bits per heavy atom. The molecule has 0 unspecified atom stereocenters. The van der Waals surface area contributed by atoms with Crippen LogP contribution in [0.4, 0.5) is 0 Å². The molecule has 6 nitrogen and oxygen atoms in total. The van der Waals surface area contributed by atoms with Gasteiger partial charge in [-0.2, -0.15) is 5.10 Å². The fraction of sp³-hybridized carbons (Fsp3) is 0.214.